The number of rotatable bonds is 19. The van der Waals surface area contributed by atoms with Crippen LogP contribution < -0.4 is 10.6 Å². The van der Waals surface area contributed by atoms with Gasteiger partial charge >= 0.3 is 0 Å². The van der Waals surface area contributed by atoms with Crippen LogP contribution in [0.3, 0.4) is 0 Å². The van der Waals surface area contributed by atoms with Gasteiger partial charge in [-0.05, 0) is 72.6 Å². The summed E-state index contributed by atoms with van der Waals surface area (Å²) in [6.45, 7) is 10.2. The minimum atomic E-state index is 0.0910. The van der Waals surface area contributed by atoms with Crippen molar-refractivity contribution in [1.82, 2.24) is 15.5 Å². The number of carbonyl (C=O) groups is 2. The number of unbranched alkanes of at least 4 members (excludes halogenated alkanes) is 4. The number of amides is 2. The van der Waals surface area contributed by atoms with Crippen molar-refractivity contribution in [3.05, 3.63) is 24.3 Å². The summed E-state index contributed by atoms with van der Waals surface area (Å²) in [6.07, 6.45) is 16.0. The van der Waals surface area contributed by atoms with Gasteiger partial charge in [0.2, 0.25) is 11.8 Å². The quantitative estimate of drug-likeness (QED) is 0.211. The first-order valence-electron chi connectivity index (χ1n) is 12.1. The Morgan fingerprint density at radius 2 is 1.26 bits per heavy atom. The van der Waals surface area contributed by atoms with E-state index in [0.717, 1.165) is 45.1 Å². The molecule has 0 heterocycles. The number of carbonyl (C=O) groups excluding carboxylic acids is 2. The Morgan fingerprint density at radius 1 is 0.806 bits per heavy atom. The molecule has 0 spiro atoms. The zero-order valence-corrected chi connectivity index (χ0v) is 20.4. The largest absolute Gasteiger partial charge is 0.396 e. The van der Waals surface area contributed by atoms with E-state index in [1.807, 2.05) is 26.0 Å². The van der Waals surface area contributed by atoms with Crippen molar-refractivity contribution in [3.63, 3.8) is 0 Å². The lowest BCUT2D eigenvalue weighted by molar-refractivity contribution is -0.121. The fourth-order valence-corrected chi connectivity index (χ4v) is 3.49. The summed E-state index contributed by atoms with van der Waals surface area (Å²) in [6, 6.07) is 0.262. The Hall–Kier alpha value is -1.66. The van der Waals surface area contributed by atoms with Crippen molar-refractivity contribution in [3.8, 4) is 0 Å². The van der Waals surface area contributed by atoms with Crippen LogP contribution in [-0.2, 0) is 9.59 Å². The molecule has 0 saturated carbocycles. The maximum Gasteiger partial charge on any atom is 0.220 e. The number of nitrogens with one attached hydrogen (secondary N) is 2. The van der Waals surface area contributed by atoms with E-state index < -0.39 is 0 Å². The van der Waals surface area contributed by atoms with Crippen LogP contribution in [0.25, 0.3) is 0 Å². The van der Waals surface area contributed by atoms with Crippen molar-refractivity contribution < 1.29 is 14.7 Å². The summed E-state index contributed by atoms with van der Waals surface area (Å²) >= 11 is 0. The van der Waals surface area contributed by atoms with Crippen molar-refractivity contribution >= 4 is 11.8 Å². The molecule has 3 N–H and O–H groups in total. The van der Waals surface area contributed by atoms with Gasteiger partial charge in [-0.2, -0.15) is 0 Å². The van der Waals surface area contributed by atoms with Crippen LogP contribution in [-0.4, -0.2) is 60.1 Å². The number of allylic oxidation sites excluding steroid dienone is 4. The van der Waals surface area contributed by atoms with Crippen LogP contribution >= 0.6 is 0 Å². The van der Waals surface area contributed by atoms with E-state index in [9.17, 15) is 14.7 Å². The van der Waals surface area contributed by atoms with Crippen LogP contribution in [0.15, 0.2) is 24.3 Å². The normalized spacial score (nSPS) is 13.7. The SMILES string of the molecule is C/C=C/CCCCC(=O)NCC(C)N(CCCO)C(C)CNC(=O)CCCC/C=C/C. The smallest absolute Gasteiger partial charge is 0.220 e. The molecule has 2 atom stereocenters. The van der Waals surface area contributed by atoms with Gasteiger partial charge in [-0.25, -0.2) is 0 Å². The zero-order chi connectivity index (χ0) is 23.3. The molecular formula is C25H47N3O3. The molecule has 31 heavy (non-hydrogen) atoms. The number of nitrogens with zero attached hydrogens (tertiary/aromatic N) is 1. The minimum absolute atomic E-state index is 0.0910. The predicted molar refractivity (Wildman–Crippen MR) is 130 cm³/mol. The summed E-state index contributed by atoms with van der Waals surface area (Å²) in [5.41, 5.74) is 0. The summed E-state index contributed by atoms with van der Waals surface area (Å²) in [4.78, 5) is 26.5. The lowest BCUT2D eigenvalue weighted by Gasteiger charge is -2.34. The molecule has 0 rings (SSSR count). The fourth-order valence-electron chi connectivity index (χ4n) is 3.49. The molecule has 0 aromatic rings. The lowest BCUT2D eigenvalue weighted by Crippen LogP contribution is -2.50. The Balaban J connectivity index is 4.34. The highest BCUT2D eigenvalue weighted by Gasteiger charge is 2.20. The summed E-state index contributed by atoms with van der Waals surface area (Å²) in [7, 11) is 0. The molecule has 0 radical (unpaired) electrons. The standard InChI is InChI=1S/C25H47N3O3/c1-5-7-9-11-13-16-24(30)26-20-22(3)28(18-15-19-29)23(4)21-27-25(31)17-14-12-10-8-6-2/h5-8,22-23,29H,9-21H2,1-4H3,(H,26,30)(H,27,31)/b7-5+,8-6+. The van der Waals surface area contributed by atoms with Crippen molar-refractivity contribution in [2.24, 2.45) is 0 Å². The Kier molecular flexibility index (Phi) is 19.2. The third kappa shape index (κ3) is 16.7. The van der Waals surface area contributed by atoms with Crippen LogP contribution in [0.4, 0.5) is 0 Å². The fraction of sp³-hybridized carbons (Fsp3) is 0.760. The van der Waals surface area contributed by atoms with Crippen molar-refractivity contribution in [2.75, 3.05) is 26.2 Å². The van der Waals surface area contributed by atoms with Crippen LogP contribution in [0.5, 0.6) is 0 Å². The molecule has 0 aliphatic carbocycles. The number of aliphatic hydroxyl groups excluding tert-OH is 1. The maximum absolute atomic E-state index is 12.1. The summed E-state index contributed by atoms with van der Waals surface area (Å²) < 4.78 is 0. The van der Waals surface area contributed by atoms with E-state index in [1.165, 1.54) is 0 Å². The van der Waals surface area contributed by atoms with Crippen molar-refractivity contribution in [1.29, 1.82) is 0 Å². The van der Waals surface area contributed by atoms with E-state index >= 15 is 0 Å². The zero-order valence-electron chi connectivity index (χ0n) is 20.4. The van der Waals surface area contributed by atoms with Crippen LogP contribution in [0, 0.1) is 0 Å². The molecule has 0 aliphatic heterocycles. The van der Waals surface area contributed by atoms with Crippen LogP contribution in [0.1, 0.15) is 85.5 Å². The van der Waals surface area contributed by atoms with E-state index in [-0.39, 0.29) is 30.5 Å². The third-order valence-electron chi connectivity index (χ3n) is 5.42. The molecule has 0 fully saturated rings. The van der Waals surface area contributed by atoms with Gasteiger partial charge in [0.25, 0.3) is 0 Å². The average molecular weight is 438 g/mol. The van der Waals surface area contributed by atoms with Crippen LogP contribution in [0.2, 0.25) is 0 Å². The molecule has 0 aliphatic rings. The number of hydrogen-bond donors (Lipinski definition) is 3. The van der Waals surface area contributed by atoms with Gasteiger partial charge in [0.15, 0.2) is 0 Å². The molecule has 6 heteroatoms. The summed E-state index contributed by atoms with van der Waals surface area (Å²) in [5, 5.41) is 15.3. The second-order valence-electron chi connectivity index (χ2n) is 8.25. The molecular weight excluding hydrogens is 390 g/mol. The highest BCUT2D eigenvalue weighted by molar-refractivity contribution is 5.76. The summed E-state index contributed by atoms with van der Waals surface area (Å²) in [5.74, 6) is 0.182. The Bertz CT molecular complexity index is 478. The molecule has 180 valence electrons. The number of aliphatic hydroxyl groups is 1. The molecule has 6 nitrogen and oxygen atoms in total. The highest BCUT2D eigenvalue weighted by atomic mass is 16.3. The highest BCUT2D eigenvalue weighted by Crippen LogP contribution is 2.08. The van der Waals surface area contributed by atoms with Gasteiger partial charge in [-0.3, -0.25) is 14.5 Å². The predicted octanol–water partition coefficient (Wildman–Crippen LogP) is 3.95. The molecule has 0 bridgehead atoms. The van der Waals surface area contributed by atoms with Gasteiger partial charge in [0.05, 0.1) is 0 Å². The van der Waals surface area contributed by atoms with Gasteiger partial charge in [-0.1, -0.05) is 24.3 Å². The minimum Gasteiger partial charge on any atom is -0.396 e. The van der Waals surface area contributed by atoms with E-state index in [1.54, 1.807) is 0 Å². The molecule has 2 amide bonds. The van der Waals surface area contributed by atoms with E-state index in [2.05, 4.69) is 41.5 Å². The van der Waals surface area contributed by atoms with Gasteiger partial charge in [0, 0.05) is 51.2 Å². The topological polar surface area (TPSA) is 81.7 Å². The van der Waals surface area contributed by atoms with Gasteiger partial charge < -0.3 is 15.7 Å². The Morgan fingerprint density at radius 3 is 1.65 bits per heavy atom. The first kappa shape index (κ1) is 29.3. The molecule has 0 aromatic heterocycles. The third-order valence-corrected chi connectivity index (χ3v) is 5.42. The molecule has 0 aromatic carbocycles. The maximum atomic E-state index is 12.1. The number of hydrogen-bond acceptors (Lipinski definition) is 4. The first-order chi connectivity index (χ1) is 15.0. The Labute approximate surface area is 190 Å². The molecule has 2 unspecified atom stereocenters. The van der Waals surface area contributed by atoms with Gasteiger partial charge in [-0.15, -0.1) is 0 Å². The second-order valence-corrected chi connectivity index (χ2v) is 8.25. The second kappa shape index (κ2) is 20.3. The van der Waals surface area contributed by atoms with E-state index in [0.29, 0.717) is 32.4 Å². The first-order valence-corrected chi connectivity index (χ1v) is 12.1. The van der Waals surface area contributed by atoms with Gasteiger partial charge in [0.1, 0.15) is 0 Å². The van der Waals surface area contributed by atoms with Crippen molar-refractivity contribution in [2.45, 2.75) is 97.6 Å². The monoisotopic (exact) mass is 437 g/mol. The molecule has 0 saturated heterocycles. The average Bonchev–Trinajstić information content (AvgIpc) is 2.76. The van der Waals surface area contributed by atoms with E-state index in [4.69, 9.17) is 0 Å². The lowest BCUT2D eigenvalue weighted by atomic mass is 10.1.